The molecule has 2 amide bonds. The third kappa shape index (κ3) is 4.45. The Bertz CT molecular complexity index is 674. The number of aromatic nitrogens is 2. The van der Waals surface area contributed by atoms with E-state index >= 15 is 0 Å². The van der Waals surface area contributed by atoms with Gasteiger partial charge in [-0.05, 0) is 32.3 Å². The zero-order valence-electron chi connectivity index (χ0n) is 13.8. The topological polar surface area (TPSA) is 100 Å². The first-order valence-electron chi connectivity index (χ1n) is 7.55. The van der Waals surface area contributed by atoms with Gasteiger partial charge >= 0.3 is 0 Å². The standard InChI is InChI=1S/C16H22N4O3/c1-9(2)7-13(16(22)19-14-5-6-17-20-14)18-15(21)12-8-10(3)23-11(12)4/h5-6,8-9,13H,7H2,1-4H3,(H,18,21)(H2,17,19,20,22)/t13-/m0/s1. The summed E-state index contributed by atoms with van der Waals surface area (Å²) in [6, 6.07) is 2.68. The highest BCUT2D eigenvalue weighted by Gasteiger charge is 2.24. The van der Waals surface area contributed by atoms with Gasteiger partial charge in [0.1, 0.15) is 23.4 Å². The van der Waals surface area contributed by atoms with Gasteiger partial charge in [-0.15, -0.1) is 0 Å². The molecule has 0 fully saturated rings. The Morgan fingerprint density at radius 2 is 2.09 bits per heavy atom. The number of hydrogen-bond acceptors (Lipinski definition) is 4. The zero-order valence-corrected chi connectivity index (χ0v) is 13.8. The molecule has 0 aliphatic heterocycles. The maximum atomic E-state index is 12.4. The number of aryl methyl sites for hydroxylation is 2. The number of hydrogen-bond donors (Lipinski definition) is 3. The Labute approximate surface area is 134 Å². The van der Waals surface area contributed by atoms with Crippen molar-refractivity contribution in [3.63, 3.8) is 0 Å². The Morgan fingerprint density at radius 1 is 1.35 bits per heavy atom. The number of nitrogens with zero attached hydrogens (tertiary/aromatic N) is 1. The van der Waals surface area contributed by atoms with E-state index in [0.29, 0.717) is 29.3 Å². The molecule has 3 N–H and O–H groups in total. The molecule has 0 aromatic carbocycles. The Balaban J connectivity index is 2.10. The monoisotopic (exact) mass is 318 g/mol. The van der Waals surface area contributed by atoms with Gasteiger partial charge in [-0.1, -0.05) is 13.8 Å². The smallest absolute Gasteiger partial charge is 0.255 e. The van der Waals surface area contributed by atoms with Crippen LogP contribution >= 0.6 is 0 Å². The summed E-state index contributed by atoms with van der Waals surface area (Å²) in [5.74, 6) is 1.35. The second kappa shape index (κ2) is 7.13. The number of anilines is 1. The van der Waals surface area contributed by atoms with Crippen LogP contribution in [0.5, 0.6) is 0 Å². The lowest BCUT2D eigenvalue weighted by Crippen LogP contribution is -2.44. The molecule has 0 aliphatic carbocycles. The fourth-order valence-corrected chi connectivity index (χ4v) is 2.34. The third-order valence-corrected chi connectivity index (χ3v) is 3.37. The number of furan rings is 1. The van der Waals surface area contributed by atoms with Crippen molar-refractivity contribution < 1.29 is 14.0 Å². The molecule has 124 valence electrons. The van der Waals surface area contributed by atoms with E-state index in [4.69, 9.17) is 4.42 Å². The molecular formula is C16H22N4O3. The first-order chi connectivity index (χ1) is 10.9. The van der Waals surface area contributed by atoms with E-state index in [9.17, 15) is 9.59 Å². The largest absolute Gasteiger partial charge is 0.466 e. The lowest BCUT2D eigenvalue weighted by Gasteiger charge is -2.19. The maximum absolute atomic E-state index is 12.4. The van der Waals surface area contributed by atoms with E-state index in [1.165, 1.54) is 0 Å². The van der Waals surface area contributed by atoms with Crippen molar-refractivity contribution in [1.29, 1.82) is 0 Å². The first kappa shape index (κ1) is 16.8. The van der Waals surface area contributed by atoms with Gasteiger partial charge in [-0.2, -0.15) is 5.10 Å². The Kier molecular flexibility index (Phi) is 5.20. The molecule has 7 heteroatoms. The number of carbonyl (C=O) groups excluding carboxylic acids is 2. The predicted octanol–water partition coefficient (Wildman–Crippen LogP) is 2.40. The molecule has 0 aliphatic rings. The number of H-pyrrole nitrogens is 1. The van der Waals surface area contributed by atoms with Crippen molar-refractivity contribution in [2.24, 2.45) is 5.92 Å². The second-order valence-electron chi connectivity index (χ2n) is 5.94. The summed E-state index contributed by atoms with van der Waals surface area (Å²) >= 11 is 0. The van der Waals surface area contributed by atoms with Crippen LogP contribution in [0.4, 0.5) is 5.82 Å². The van der Waals surface area contributed by atoms with Gasteiger partial charge in [-0.25, -0.2) is 0 Å². The molecule has 0 spiro atoms. The van der Waals surface area contributed by atoms with Crippen LogP contribution in [-0.2, 0) is 4.79 Å². The number of carbonyl (C=O) groups is 2. The Hall–Kier alpha value is -2.57. The summed E-state index contributed by atoms with van der Waals surface area (Å²) in [5.41, 5.74) is 0.450. The quantitative estimate of drug-likeness (QED) is 0.761. The van der Waals surface area contributed by atoms with Crippen LogP contribution in [-0.4, -0.2) is 28.1 Å². The van der Waals surface area contributed by atoms with Crippen LogP contribution < -0.4 is 10.6 Å². The number of amides is 2. The van der Waals surface area contributed by atoms with Gasteiger partial charge in [-0.3, -0.25) is 14.7 Å². The first-order valence-corrected chi connectivity index (χ1v) is 7.55. The van der Waals surface area contributed by atoms with Crippen molar-refractivity contribution in [2.45, 2.75) is 40.2 Å². The molecule has 0 bridgehead atoms. The van der Waals surface area contributed by atoms with E-state index in [-0.39, 0.29) is 17.7 Å². The van der Waals surface area contributed by atoms with Gasteiger partial charge in [0.25, 0.3) is 5.91 Å². The lowest BCUT2D eigenvalue weighted by molar-refractivity contribution is -0.118. The Morgan fingerprint density at radius 3 is 2.61 bits per heavy atom. The highest BCUT2D eigenvalue weighted by Crippen LogP contribution is 2.15. The molecule has 0 radical (unpaired) electrons. The normalized spacial score (nSPS) is 12.2. The molecule has 2 rings (SSSR count). The minimum Gasteiger partial charge on any atom is -0.466 e. The number of nitrogens with one attached hydrogen (secondary N) is 3. The van der Waals surface area contributed by atoms with Gasteiger partial charge < -0.3 is 15.1 Å². The van der Waals surface area contributed by atoms with Crippen LogP contribution in [0.3, 0.4) is 0 Å². The van der Waals surface area contributed by atoms with Crippen LogP contribution in [0, 0.1) is 19.8 Å². The minimum atomic E-state index is -0.639. The van der Waals surface area contributed by atoms with Gasteiger partial charge in [0.05, 0.1) is 11.8 Å². The number of rotatable bonds is 6. The van der Waals surface area contributed by atoms with Crippen molar-refractivity contribution in [3.8, 4) is 0 Å². The SMILES string of the molecule is Cc1cc(C(=O)N[C@@H](CC(C)C)C(=O)Nc2ccn[nH]2)c(C)o1. The maximum Gasteiger partial charge on any atom is 0.255 e. The average Bonchev–Trinajstić information content (AvgIpc) is 3.07. The van der Waals surface area contributed by atoms with Gasteiger partial charge in [0.2, 0.25) is 5.91 Å². The molecule has 23 heavy (non-hydrogen) atoms. The molecule has 1 atom stereocenters. The highest BCUT2D eigenvalue weighted by atomic mass is 16.3. The third-order valence-electron chi connectivity index (χ3n) is 3.37. The molecule has 7 nitrogen and oxygen atoms in total. The molecule has 2 aromatic heterocycles. The molecular weight excluding hydrogens is 296 g/mol. The zero-order chi connectivity index (χ0) is 17.0. The van der Waals surface area contributed by atoms with E-state index < -0.39 is 6.04 Å². The lowest BCUT2D eigenvalue weighted by atomic mass is 10.0. The highest BCUT2D eigenvalue weighted by molar-refractivity contribution is 6.01. The average molecular weight is 318 g/mol. The molecule has 0 saturated heterocycles. The van der Waals surface area contributed by atoms with Gasteiger partial charge in [0, 0.05) is 6.07 Å². The van der Waals surface area contributed by atoms with Crippen LogP contribution in [0.25, 0.3) is 0 Å². The molecule has 2 aromatic rings. The van der Waals surface area contributed by atoms with E-state index in [2.05, 4.69) is 20.8 Å². The summed E-state index contributed by atoms with van der Waals surface area (Å²) in [4.78, 5) is 24.8. The van der Waals surface area contributed by atoms with E-state index in [1.54, 1.807) is 32.2 Å². The van der Waals surface area contributed by atoms with Gasteiger partial charge in [0.15, 0.2) is 0 Å². The molecule has 2 heterocycles. The summed E-state index contributed by atoms with van der Waals surface area (Å²) in [6.07, 6.45) is 2.07. The van der Waals surface area contributed by atoms with Crippen molar-refractivity contribution in [1.82, 2.24) is 15.5 Å². The van der Waals surface area contributed by atoms with Crippen molar-refractivity contribution in [3.05, 3.63) is 35.4 Å². The van der Waals surface area contributed by atoms with Crippen LogP contribution in [0.1, 0.15) is 42.1 Å². The fourth-order valence-electron chi connectivity index (χ4n) is 2.34. The molecule has 0 unspecified atom stereocenters. The van der Waals surface area contributed by atoms with Crippen LogP contribution in [0.2, 0.25) is 0 Å². The summed E-state index contributed by atoms with van der Waals surface area (Å²) < 4.78 is 5.37. The van der Waals surface area contributed by atoms with Crippen LogP contribution in [0.15, 0.2) is 22.7 Å². The fraction of sp³-hybridized carbons (Fsp3) is 0.438. The van der Waals surface area contributed by atoms with Crippen molar-refractivity contribution in [2.75, 3.05) is 5.32 Å². The number of aromatic amines is 1. The van der Waals surface area contributed by atoms with E-state index in [0.717, 1.165) is 0 Å². The minimum absolute atomic E-state index is 0.250. The second-order valence-corrected chi connectivity index (χ2v) is 5.94. The predicted molar refractivity (Wildman–Crippen MR) is 86.1 cm³/mol. The summed E-state index contributed by atoms with van der Waals surface area (Å²) in [5, 5.41) is 11.9. The summed E-state index contributed by atoms with van der Waals surface area (Å²) in [7, 11) is 0. The van der Waals surface area contributed by atoms with Crippen molar-refractivity contribution >= 4 is 17.6 Å². The molecule has 0 saturated carbocycles. The van der Waals surface area contributed by atoms with E-state index in [1.807, 2.05) is 13.8 Å². The summed E-state index contributed by atoms with van der Waals surface area (Å²) in [6.45, 7) is 7.50.